The Morgan fingerprint density at radius 3 is 2.47 bits per heavy atom. The third kappa shape index (κ3) is 6.08. The molecule has 108 valence electrons. The minimum absolute atomic E-state index is 0.0464. The lowest BCUT2D eigenvalue weighted by atomic mass is 10.1. The van der Waals surface area contributed by atoms with Crippen LogP contribution >= 0.6 is 0 Å². The summed E-state index contributed by atoms with van der Waals surface area (Å²) in [4.78, 5) is 0. The number of methoxy groups -OCH3 is 1. The van der Waals surface area contributed by atoms with Crippen molar-refractivity contribution in [1.29, 1.82) is 0 Å². The number of ether oxygens (including phenoxy) is 2. The molecule has 1 aromatic rings. The van der Waals surface area contributed by atoms with Gasteiger partial charge in [0, 0.05) is 13.7 Å². The second-order valence-corrected chi connectivity index (χ2v) is 5.52. The van der Waals surface area contributed by atoms with Crippen molar-refractivity contribution in [2.75, 3.05) is 26.8 Å². The molecule has 0 amide bonds. The van der Waals surface area contributed by atoms with Crippen molar-refractivity contribution in [3.8, 4) is 5.75 Å². The molecule has 3 nitrogen and oxygen atoms in total. The third-order valence-electron chi connectivity index (χ3n) is 2.90. The maximum atomic E-state index is 6.03. The van der Waals surface area contributed by atoms with Crippen LogP contribution in [0.5, 0.6) is 5.75 Å². The summed E-state index contributed by atoms with van der Waals surface area (Å²) in [6.07, 6.45) is 0.0464. The molecule has 0 bridgehead atoms. The van der Waals surface area contributed by atoms with Gasteiger partial charge in [-0.2, -0.15) is 0 Å². The van der Waals surface area contributed by atoms with Crippen molar-refractivity contribution in [1.82, 2.24) is 5.32 Å². The molecule has 19 heavy (non-hydrogen) atoms. The maximum Gasteiger partial charge on any atom is 0.134 e. The van der Waals surface area contributed by atoms with Crippen LogP contribution in [-0.2, 0) is 4.74 Å². The summed E-state index contributed by atoms with van der Waals surface area (Å²) < 4.78 is 11.3. The van der Waals surface area contributed by atoms with Gasteiger partial charge < -0.3 is 14.8 Å². The smallest absolute Gasteiger partial charge is 0.134 e. The van der Waals surface area contributed by atoms with E-state index in [0.29, 0.717) is 12.5 Å². The van der Waals surface area contributed by atoms with E-state index in [0.717, 1.165) is 18.8 Å². The van der Waals surface area contributed by atoms with E-state index in [9.17, 15) is 0 Å². The molecule has 1 atom stereocenters. The average molecular weight is 265 g/mol. The standard InChI is InChI=1S/C16H27NO2/c1-12(2)9-17-10-15(11-18-5)19-16-7-6-13(3)8-14(16)4/h6-8,12,15,17H,9-11H2,1-5H3. The first-order chi connectivity index (χ1) is 9.02. The van der Waals surface area contributed by atoms with Gasteiger partial charge in [-0.3, -0.25) is 0 Å². The minimum Gasteiger partial charge on any atom is -0.486 e. The number of hydrogen-bond acceptors (Lipinski definition) is 3. The molecular formula is C16H27NO2. The highest BCUT2D eigenvalue weighted by atomic mass is 16.5. The van der Waals surface area contributed by atoms with Crippen molar-refractivity contribution in [2.24, 2.45) is 5.92 Å². The molecular weight excluding hydrogens is 238 g/mol. The molecule has 3 heteroatoms. The molecule has 0 aliphatic heterocycles. The molecule has 0 aliphatic rings. The Hall–Kier alpha value is -1.06. The molecule has 1 N–H and O–H groups in total. The van der Waals surface area contributed by atoms with E-state index in [-0.39, 0.29) is 6.10 Å². The van der Waals surface area contributed by atoms with Gasteiger partial charge in [-0.05, 0) is 37.9 Å². The van der Waals surface area contributed by atoms with Crippen LogP contribution in [-0.4, -0.2) is 32.9 Å². The van der Waals surface area contributed by atoms with Gasteiger partial charge >= 0.3 is 0 Å². The van der Waals surface area contributed by atoms with Gasteiger partial charge in [0.2, 0.25) is 0 Å². The molecule has 0 saturated carbocycles. The van der Waals surface area contributed by atoms with Crippen molar-refractivity contribution >= 4 is 0 Å². The van der Waals surface area contributed by atoms with Crippen LogP contribution in [0.15, 0.2) is 18.2 Å². The van der Waals surface area contributed by atoms with E-state index in [4.69, 9.17) is 9.47 Å². The Morgan fingerprint density at radius 2 is 1.89 bits per heavy atom. The quantitative estimate of drug-likeness (QED) is 0.784. The van der Waals surface area contributed by atoms with Gasteiger partial charge in [0.15, 0.2) is 0 Å². The van der Waals surface area contributed by atoms with Gasteiger partial charge in [-0.1, -0.05) is 31.5 Å². The van der Waals surface area contributed by atoms with Crippen molar-refractivity contribution in [3.63, 3.8) is 0 Å². The van der Waals surface area contributed by atoms with Crippen molar-refractivity contribution in [2.45, 2.75) is 33.8 Å². The van der Waals surface area contributed by atoms with Crippen LogP contribution in [0.1, 0.15) is 25.0 Å². The molecule has 0 aromatic heterocycles. The minimum atomic E-state index is 0.0464. The van der Waals surface area contributed by atoms with E-state index in [1.807, 2.05) is 6.07 Å². The highest BCUT2D eigenvalue weighted by Gasteiger charge is 2.11. The average Bonchev–Trinajstić information content (AvgIpc) is 2.32. The SMILES string of the molecule is COCC(CNCC(C)C)Oc1ccc(C)cc1C. The van der Waals surface area contributed by atoms with Gasteiger partial charge in [0.1, 0.15) is 11.9 Å². The normalized spacial score (nSPS) is 12.7. The number of aryl methyl sites for hydroxylation is 2. The lowest BCUT2D eigenvalue weighted by molar-refractivity contribution is 0.0798. The van der Waals surface area contributed by atoms with Crippen LogP contribution in [0.25, 0.3) is 0 Å². The van der Waals surface area contributed by atoms with E-state index >= 15 is 0 Å². The molecule has 1 aromatic carbocycles. The Bertz CT molecular complexity index is 377. The number of nitrogens with one attached hydrogen (secondary N) is 1. The highest BCUT2D eigenvalue weighted by molar-refractivity contribution is 5.35. The second-order valence-electron chi connectivity index (χ2n) is 5.52. The van der Waals surface area contributed by atoms with Crippen molar-refractivity contribution in [3.05, 3.63) is 29.3 Å². The lowest BCUT2D eigenvalue weighted by Crippen LogP contribution is -2.36. The summed E-state index contributed by atoms with van der Waals surface area (Å²) in [6.45, 7) is 11.0. The lowest BCUT2D eigenvalue weighted by Gasteiger charge is -2.21. The highest BCUT2D eigenvalue weighted by Crippen LogP contribution is 2.20. The zero-order valence-electron chi connectivity index (χ0n) is 12.8. The predicted octanol–water partition coefficient (Wildman–Crippen LogP) is 2.94. The summed E-state index contributed by atoms with van der Waals surface area (Å²) in [5.74, 6) is 1.59. The van der Waals surface area contributed by atoms with Gasteiger partial charge in [-0.15, -0.1) is 0 Å². The molecule has 0 aliphatic carbocycles. The van der Waals surface area contributed by atoms with Gasteiger partial charge in [0.25, 0.3) is 0 Å². The van der Waals surface area contributed by atoms with E-state index in [2.05, 4.69) is 45.1 Å². The van der Waals surface area contributed by atoms with Crippen LogP contribution in [0.2, 0.25) is 0 Å². The number of hydrogen-bond donors (Lipinski definition) is 1. The molecule has 0 saturated heterocycles. The molecule has 0 spiro atoms. The zero-order chi connectivity index (χ0) is 14.3. The summed E-state index contributed by atoms with van der Waals surface area (Å²) in [5, 5.41) is 3.42. The molecule has 0 fully saturated rings. The van der Waals surface area contributed by atoms with Gasteiger partial charge in [0.05, 0.1) is 6.61 Å². The number of benzene rings is 1. The third-order valence-corrected chi connectivity index (χ3v) is 2.90. The summed E-state index contributed by atoms with van der Waals surface area (Å²) in [5.41, 5.74) is 2.43. The Balaban J connectivity index is 2.56. The maximum absolute atomic E-state index is 6.03. The van der Waals surface area contributed by atoms with Crippen LogP contribution in [0.3, 0.4) is 0 Å². The fourth-order valence-electron chi connectivity index (χ4n) is 1.96. The Morgan fingerprint density at radius 1 is 1.16 bits per heavy atom. The summed E-state index contributed by atoms with van der Waals surface area (Å²) in [6, 6.07) is 6.25. The first-order valence-electron chi connectivity index (χ1n) is 6.96. The van der Waals surface area contributed by atoms with Crippen LogP contribution in [0.4, 0.5) is 0 Å². The predicted molar refractivity (Wildman–Crippen MR) is 79.9 cm³/mol. The molecule has 0 heterocycles. The summed E-state index contributed by atoms with van der Waals surface area (Å²) >= 11 is 0. The van der Waals surface area contributed by atoms with E-state index in [1.54, 1.807) is 7.11 Å². The van der Waals surface area contributed by atoms with Crippen molar-refractivity contribution < 1.29 is 9.47 Å². The molecule has 0 radical (unpaired) electrons. The van der Waals surface area contributed by atoms with Crippen LogP contribution in [0, 0.1) is 19.8 Å². The number of rotatable bonds is 8. The monoisotopic (exact) mass is 265 g/mol. The first kappa shape index (κ1) is 16.0. The zero-order valence-corrected chi connectivity index (χ0v) is 12.8. The van der Waals surface area contributed by atoms with Gasteiger partial charge in [-0.25, -0.2) is 0 Å². The largest absolute Gasteiger partial charge is 0.486 e. The van der Waals surface area contributed by atoms with E-state index < -0.39 is 0 Å². The molecule has 1 unspecified atom stereocenters. The summed E-state index contributed by atoms with van der Waals surface area (Å²) in [7, 11) is 1.71. The fourth-order valence-corrected chi connectivity index (χ4v) is 1.96. The Kier molecular flexibility index (Phi) is 6.89. The molecule has 1 rings (SSSR count). The topological polar surface area (TPSA) is 30.5 Å². The second kappa shape index (κ2) is 8.18. The van der Waals surface area contributed by atoms with E-state index in [1.165, 1.54) is 11.1 Å². The van der Waals surface area contributed by atoms with Crippen LogP contribution < -0.4 is 10.1 Å². The first-order valence-corrected chi connectivity index (χ1v) is 6.96. The fraction of sp³-hybridized carbons (Fsp3) is 0.625. The Labute approximate surface area is 117 Å².